The second-order valence-corrected chi connectivity index (χ2v) is 4.30. The molecule has 0 aliphatic carbocycles. The molecule has 1 N–H and O–H groups in total. The molecule has 0 saturated heterocycles. The van der Waals surface area contributed by atoms with Crippen LogP contribution in [0.15, 0.2) is 31.9 Å². The lowest BCUT2D eigenvalue weighted by atomic mass is 10.1. The Balaban J connectivity index is 2.24. The number of H-pyrrole nitrogens is 1. The molecule has 0 fully saturated rings. The quantitative estimate of drug-likeness (QED) is 0.727. The van der Waals surface area contributed by atoms with Gasteiger partial charge in [0.1, 0.15) is 17.0 Å². The Labute approximate surface area is 111 Å². The van der Waals surface area contributed by atoms with Crippen LogP contribution in [0.1, 0.15) is 16.1 Å². The highest BCUT2D eigenvalue weighted by molar-refractivity contribution is 6.68. The second kappa shape index (κ2) is 4.10. The minimum absolute atomic E-state index is 0.207. The third-order valence-electron chi connectivity index (χ3n) is 2.75. The Morgan fingerprint density at radius 1 is 1.42 bits per heavy atom. The summed E-state index contributed by atoms with van der Waals surface area (Å²) in [7, 11) is 0. The lowest BCUT2D eigenvalue weighted by Crippen LogP contribution is -1.93. The molecule has 0 atom stereocenters. The summed E-state index contributed by atoms with van der Waals surface area (Å²) in [6.45, 7) is 1.60. The average molecular weight is 279 g/mol. The third kappa shape index (κ3) is 1.86. The summed E-state index contributed by atoms with van der Waals surface area (Å²) in [6.07, 6.45) is 0. The molecule has 1 aromatic carbocycles. The number of halogens is 1. The van der Waals surface area contributed by atoms with Gasteiger partial charge in [-0.05, 0) is 30.7 Å². The van der Waals surface area contributed by atoms with E-state index >= 15 is 0 Å². The van der Waals surface area contributed by atoms with E-state index in [0.29, 0.717) is 28.1 Å². The van der Waals surface area contributed by atoms with Gasteiger partial charge in [-0.15, -0.1) is 0 Å². The average Bonchev–Trinajstić information content (AvgIpc) is 2.89. The normalized spacial score (nSPS) is 11.1. The molecule has 0 spiro atoms. The van der Waals surface area contributed by atoms with Crippen molar-refractivity contribution in [2.24, 2.45) is 0 Å². The highest BCUT2D eigenvalue weighted by Crippen LogP contribution is 2.28. The molecule has 0 radical (unpaired) electrons. The Hall–Kier alpha value is -2.34. The van der Waals surface area contributed by atoms with E-state index in [4.69, 9.17) is 20.5 Å². The van der Waals surface area contributed by atoms with Crippen molar-refractivity contribution in [3.05, 3.63) is 40.1 Å². The first-order valence-electron chi connectivity index (χ1n) is 5.35. The number of hydrogen-bond donors (Lipinski definition) is 1. The third-order valence-corrected chi connectivity index (χ3v) is 2.94. The summed E-state index contributed by atoms with van der Waals surface area (Å²) in [5.74, 6) is -0.206. The molecule has 0 saturated carbocycles. The van der Waals surface area contributed by atoms with Gasteiger partial charge in [0.25, 0.3) is 5.24 Å². The number of aryl methyl sites for hydroxylation is 1. The van der Waals surface area contributed by atoms with Gasteiger partial charge in [-0.2, -0.15) is 0 Å². The largest absolute Gasteiger partial charge is 0.417 e. The molecule has 2 aromatic heterocycles. The summed E-state index contributed by atoms with van der Waals surface area (Å²) >= 11 is 5.51. The first-order chi connectivity index (χ1) is 9.06. The number of carbonyl (C=O) groups is 1. The molecule has 0 aliphatic heterocycles. The molecule has 3 aromatic rings. The number of hydrogen-bond acceptors (Lipinski definition) is 5. The van der Waals surface area contributed by atoms with E-state index < -0.39 is 11.0 Å². The van der Waals surface area contributed by atoms with Gasteiger partial charge in [-0.1, -0.05) is 11.2 Å². The number of carbonyl (C=O) groups excluding carboxylic acids is 1. The molecule has 6 nitrogen and oxygen atoms in total. The van der Waals surface area contributed by atoms with Crippen molar-refractivity contribution in [1.82, 2.24) is 10.1 Å². The topological polar surface area (TPSA) is 89.1 Å². The minimum Gasteiger partial charge on any atom is -0.408 e. The van der Waals surface area contributed by atoms with Crippen LogP contribution in [0.25, 0.3) is 22.4 Å². The van der Waals surface area contributed by atoms with Crippen LogP contribution in [0.2, 0.25) is 0 Å². The summed E-state index contributed by atoms with van der Waals surface area (Å²) < 4.78 is 9.92. The number of rotatable bonds is 2. The summed E-state index contributed by atoms with van der Waals surface area (Å²) in [4.78, 5) is 25.0. The van der Waals surface area contributed by atoms with E-state index in [1.54, 1.807) is 25.1 Å². The molecule has 96 valence electrons. The first kappa shape index (κ1) is 11.7. The maximum atomic E-state index is 11.4. The predicted molar refractivity (Wildman–Crippen MR) is 67.3 cm³/mol. The Morgan fingerprint density at radius 3 is 2.95 bits per heavy atom. The van der Waals surface area contributed by atoms with Crippen LogP contribution in [0, 0.1) is 6.92 Å². The number of aromatic nitrogens is 2. The zero-order valence-electron chi connectivity index (χ0n) is 9.69. The smallest absolute Gasteiger partial charge is 0.408 e. The summed E-state index contributed by atoms with van der Waals surface area (Å²) in [5.41, 5.74) is 2.04. The van der Waals surface area contributed by atoms with E-state index in [9.17, 15) is 9.59 Å². The summed E-state index contributed by atoms with van der Waals surface area (Å²) in [6, 6.07) is 4.93. The van der Waals surface area contributed by atoms with Gasteiger partial charge in [-0.3, -0.25) is 9.78 Å². The Morgan fingerprint density at radius 2 is 2.21 bits per heavy atom. The zero-order valence-corrected chi connectivity index (χ0v) is 10.4. The number of nitrogens with one attached hydrogen (secondary N) is 1. The van der Waals surface area contributed by atoms with Crippen LogP contribution in [0.3, 0.4) is 0 Å². The van der Waals surface area contributed by atoms with E-state index in [0.717, 1.165) is 0 Å². The van der Waals surface area contributed by atoms with E-state index in [2.05, 4.69) is 10.1 Å². The zero-order chi connectivity index (χ0) is 13.6. The lowest BCUT2D eigenvalue weighted by Gasteiger charge is -1.97. The van der Waals surface area contributed by atoms with Crippen LogP contribution >= 0.6 is 11.6 Å². The predicted octanol–water partition coefficient (Wildman–Crippen LogP) is 2.46. The number of oxazole rings is 1. The SMILES string of the molecule is Cc1onc(-c2ccc3[nH]c(=O)oc3c2)c1C(=O)Cl. The van der Waals surface area contributed by atoms with Gasteiger partial charge < -0.3 is 8.94 Å². The lowest BCUT2D eigenvalue weighted by molar-refractivity contribution is 0.108. The minimum atomic E-state index is -0.649. The maximum absolute atomic E-state index is 11.4. The van der Waals surface area contributed by atoms with Crippen molar-refractivity contribution in [1.29, 1.82) is 0 Å². The highest BCUT2D eigenvalue weighted by Gasteiger charge is 2.20. The van der Waals surface area contributed by atoms with E-state index in [1.165, 1.54) is 0 Å². The van der Waals surface area contributed by atoms with Crippen molar-refractivity contribution in [3.63, 3.8) is 0 Å². The first-order valence-corrected chi connectivity index (χ1v) is 5.73. The number of fused-ring (bicyclic) bond motifs is 1. The fourth-order valence-corrected chi connectivity index (χ4v) is 2.12. The van der Waals surface area contributed by atoms with Crippen molar-refractivity contribution in [2.75, 3.05) is 0 Å². The van der Waals surface area contributed by atoms with Crippen LogP contribution in [-0.4, -0.2) is 15.4 Å². The van der Waals surface area contributed by atoms with Crippen LogP contribution < -0.4 is 5.76 Å². The summed E-state index contributed by atoms with van der Waals surface area (Å²) in [5, 5.41) is 3.16. The second-order valence-electron chi connectivity index (χ2n) is 3.96. The molecular weight excluding hydrogens is 272 g/mol. The fraction of sp³-hybridized carbons (Fsp3) is 0.0833. The molecule has 3 rings (SSSR count). The maximum Gasteiger partial charge on any atom is 0.417 e. The Bertz CT molecular complexity index is 843. The fourth-order valence-electron chi connectivity index (χ4n) is 1.89. The standard InChI is InChI=1S/C12H7ClN2O4/c1-5-9(11(13)16)10(15-19-5)6-2-3-7-8(4-6)18-12(17)14-7/h2-4H,1H3,(H,14,17). The molecule has 7 heteroatoms. The van der Waals surface area contributed by atoms with Gasteiger partial charge in [-0.25, -0.2) is 4.79 Å². The van der Waals surface area contributed by atoms with Gasteiger partial charge in [0.15, 0.2) is 5.58 Å². The van der Waals surface area contributed by atoms with Crippen LogP contribution in [-0.2, 0) is 0 Å². The number of aromatic amines is 1. The molecular formula is C12H7ClN2O4. The van der Waals surface area contributed by atoms with E-state index in [1.807, 2.05) is 0 Å². The monoisotopic (exact) mass is 278 g/mol. The van der Waals surface area contributed by atoms with Crippen molar-refractivity contribution in [3.8, 4) is 11.3 Å². The van der Waals surface area contributed by atoms with Crippen molar-refractivity contribution in [2.45, 2.75) is 6.92 Å². The number of benzene rings is 1. The molecule has 0 unspecified atom stereocenters. The van der Waals surface area contributed by atoms with Crippen molar-refractivity contribution < 1.29 is 13.7 Å². The molecule has 0 amide bonds. The van der Waals surface area contributed by atoms with Crippen molar-refractivity contribution >= 4 is 27.9 Å². The molecule has 19 heavy (non-hydrogen) atoms. The molecule has 0 aliphatic rings. The van der Waals surface area contributed by atoms with Gasteiger partial charge in [0.05, 0.1) is 5.52 Å². The van der Waals surface area contributed by atoms with Gasteiger partial charge in [0, 0.05) is 5.56 Å². The van der Waals surface area contributed by atoms with Crippen LogP contribution in [0.4, 0.5) is 0 Å². The van der Waals surface area contributed by atoms with Gasteiger partial charge in [0.2, 0.25) is 0 Å². The van der Waals surface area contributed by atoms with Gasteiger partial charge >= 0.3 is 5.76 Å². The highest BCUT2D eigenvalue weighted by atomic mass is 35.5. The molecule has 2 heterocycles. The Kier molecular flexibility index (Phi) is 2.53. The van der Waals surface area contributed by atoms with E-state index in [-0.39, 0.29) is 5.56 Å². The number of nitrogens with zero attached hydrogens (tertiary/aromatic N) is 1. The molecule has 0 bridgehead atoms. The van der Waals surface area contributed by atoms with Crippen LogP contribution in [0.5, 0.6) is 0 Å².